The Hall–Kier alpha value is -0.330. The minimum Gasteiger partial charge on any atom is -0.383 e. The third-order valence-electron chi connectivity index (χ3n) is 3.27. The first-order valence-electron chi connectivity index (χ1n) is 6.21. The molecule has 1 N–H and O–H groups in total. The van der Waals surface area contributed by atoms with Crippen molar-refractivity contribution in [3.63, 3.8) is 0 Å². The van der Waals surface area contributed by atoms with Crippen LogP contribution >= 0.6 is 0 Å². The van der Waals surface area contributed by atoms with Crippen molar-refractivity contribution in [1.29, 1.82) is 0 Å². The fraction of sp³-hybridized carbons (Fsp3) is 1.00. The second kappa shape index (κ2) is 6.73. The number of alkyl halides is 3. The second-order valence-electron chi connectivity index (χ2n) is 5.21. The first-order valence-corrected chi connectivity index (χ1v) is 6.21. The standard InChI is InChI=1S/C12H22F3NO2/c1-11(10-3-4-10,7-16-5-6-17-2)8-18-9-12(13,14)15/h10,16H,3-9H2,1-2H3. The van der Waals surface area contributed by atoms with Crippen LogP contribution in [0.3, 0.4) is 0 Å². The quantitative estimate of drug-likeness (QED) is 0.651. The number of halogens is 3. The maximum atomic E-state index is 12.0. The van der Waals surface area contributed by atoms with Crippen molar-refractivity contribution >= 4 is 0 Å². The van der Waals surface area contributed by atoms with Crippen LogP contribution in [0, 0.1) is 11.3 Å². The molecule has 1 saturated carbocycles. The summed E-state index contributed by atoms with van der Waals surface area (Å²) in [5.41, 5.74) is -0.209. The molecular weight excluding hydrogens is 247 g/mol. The van der Waals surface area contributed by atoms with Crippen LogP contribution in [-0.4, -0.2) is 46.2 Å². The van der Waals surface area contributed by atoms with Gasteiger partial charge in [0.15, 0.2) is 0 Å². The van der Waals surface area contributed by atoms with E-state index in [4.69, 9.17) is 9.47 Å². The number of methoxy groups -OCH3 is 1. The van der Waals surface area contributed by atoms with Gasteiger partial charge >= 0.3 is 6.18 Å². The molecule has 1 rings (SSSR count). The minimum atomic E-state index is -4.24. The molecule has 0 aromatic heterocycles. The molecule has 0 aromatic carbocycles. The summed E-state index contributed by atoms with van der Waals surface area (Å²) in [5.74, 6) is 0.473. The van der Waals surface area contributed by atoms with Crippen molar-refractivity contribution in [2.75, 3.05) is 40.0 Å². The van der Waals surface area contributed by atoms with Gasteiger partial charge in [-0.2, -0.15) is 13.2 Å². The van der Waals surface area contributed by atoms with E-state index in [0.29, 0.717) is 25.6 Å². The third kappa shape index (κ3) is 6.02. The van der Waals surface area contributed by atoms with Gasteiger partial charge in [0.25, 0.3) is 0 Å². The smallest absolute Gasteiger partial charge is 0.383 e. The Bertz CT molecular complexity index is 244. The zero-order chi connectivity index (χ0) is 13.6. The molecule has 0 radical (unpaired) electrons. The Morgan fingerprint density at radius 1 is 1.22 bits per heavy atom. The predicted octanol–water partition coefficient (Wildman–Crippen LogP) is 2.22. The van der Waals surface area contributed by atoms with Crippen molar-refractivity contribution in [2.24, 2.45) is 11.3 Å². The van der Waals surface area contributed by atoms with Crippen LogP contribution in [0.25, 0.3) is 0 Å². The van der Waals surface area contributed by atoms with E-state index >= 15 is 0 Å². The van der Waals surface area contributed by atoms with Gasteiger partial charge in [-0.05, 0) is 18.8 Å². The average Bonchev–Trinajstić information content (AvgIpc) is 3.06. The zero-order valence-corrected chi connectivity index (χ0v) is 11.0. The lowest BCUT2D eigenvalue weighted by atomic mass is 9.85. The Balaban J connectivity index is 2.28. The first-order chi connectivity index (χ1) is 8.37. The van der Waals surface area contributed by atoms with Gasteiger partial charge in [-0.25, -0.2) is 0 Å². The molecule has 0 spiro atoms. The highest BCUT2D eigenvalue weighted by molar-refractivity contribution is 4.92. The maximum absolute atomic E-state index is 12.0. The lowest BCUT2D eigenvalue weighted by molar-refractivity contribution is -0.181. The number of rotatable bonds is 9. The van der Waals surface area contributed by atoms with Crippen molar-refractivity contribution < 1.29 is 22.6 Å². The fourth-order valence-corrected chi connectivity index (χ4v) is 2.04. The normalized spacial score (nSPS) is 19.8. The average molecular weight is 269 g/mol. The monoisotopic (exact) mass is 269 g/mol. The maximum Gasteiger partial charge on any atom is 0.411 e. The molecule has 3 nitrogen and oxygen atoms in total. The van der Waals surface area contributed by atoms with Gasteiger partial charge in [0.2, 0.25) is 0 Å². The Kier molecular flexibility index (Phi) is 5.88. The molecule has 0 aliphatic heterocycles. The van der Waals surface area contributed by atoms with E-state index in [1.54, 1.807) is 7.11 Å². The predicted molar refractivity (Wildman–Crippen MR) is 62.5 cm³/mol. The van der Waals surface area contributed by atoms with E-state index in [0.717, 1.165) is 12.8 Å². The molecule has 6 heteroatoms. The molecule has 18 heavy (non-hydrogen) atoms. The summed E-state index contributed by atoms with van der Waals surface area (Å²) in [6.07, 6.45) is -2.08. The first kappa shape index (κ1) is 15.7. The molecule has 0 bridgehead atoms. The topological polar surface area (TPSA) is 30.5 Å². The summed E-state index contributed by atoms with van der Waals surface area (Å²) in [4.78, 5) is 0. The van der Waals surface area contributed by atoms with Crippen molar-refractivity contribution in [1.82, 2.24) is 5.32 Å². The van der Waals surface area contributed by atoms with Crippen molar-refractivity contribution in [3.8, 4) is 0 Å². The molecule has 0 aromatic rings. The Morgan fingerprint density at radius 2 is 1.89 bits per heavy atom. The van der Waals surface area contributed by atoms with E-state index in [1.165, 1.54) is 0 Å². The number of ether oxygens (including phenoxy) is 2. The molecule has 0 amide bonds. The van der Waals surface area contributed by atoms with Crippen LogP contribution < -0.4 is 5.32 Å². The minimum absolute atomic E-state index is 0.150. The molecule has 1 unspecified atom stereocenters. The third-order valence-corrected chi connectivity index (χ3v) is 3.27. The highest BCUT2D eigenvalue weighted by Crippen LogP contribution is 2.45. The SMILES string of the molecule is COCCNCC(C)(COCC(F)(F)F)C1CC1. The highest BCUT2D eigenvalue weighted by atomic mass is 19.4. The van der Waals surface area contributed by atoms with Crippen LogP contribution in [0.5, 0.6) is 0 Å². The zero-order valence-electron chi connectivity index (χ0n) is 11.0. The largest absolute Gasteiger partial charge is 0.411 e. The molecule has 0 heterocycles. The van der Waals surface area contributed by atoms with Crippen LogP contribution in [0.15, 0.2) is 0 Å². The van der Waals surface area contributed by atoms with Gasteiger partial charge in [-0.3, -0.25) is 0 Å². The van der Waals surface area contributed by atoms with Gasteiger partial charge in [0.05, 0.1) is 13.2 Å². The summed E-state index contributed by atoms with van der Waals surface area (Å²) in [7, 11) is 1.62. The molecule has 0 saturated heterocycles. The van der Waals surface area contributed by atoms with E-state index < -0.39 is 12.8 Å². The number of hydrogen-bond donors (Lipinski definition) is 1. The Labute approximate surface area is 106 Å². The van der Waals surface area contributed by atoms with E-state index in [1.807, 2.05) is 6.92 Å². The van der Waals surface area contributed by atoms with Gasteiger partial charge in [-0.1, -0.05) is 6.92 Å². The van der Waals surface area contributed by atoms with Crippen LogP contribution in [0.4, 0.5) is 13.2 Å². The summed E-state index contributed by atoms with van der Waals surface area (Å²) in [6, 6.07) is 0. The van der Waals surface area contributed by atoms with Crippen LogP contribution in [-0.2, 0) is 9.47 Å². The Morgan fingerprint density at radius 3 is 2.39 bits per heavy atom. The lowest BCUT2D eigenvalue weighted by Gasteiger charge is -2.30. The highest BCUT2D eigenvalue weighted by Gasteiger charge is 2.42. The molecule has 1 aliphatic rings. The van der Waals surface area contributed by atoms with Crippen molar-refractivity contribution in [2.45, 2.75) is 25.9 Å². The number of hydrogen-bond acceptors (Lipinski definition) is 3. The lowest BCUT2D eigenvalue weighted by Crippen LogP contribution is -2.39. The molecule has 108 valence electrons. The van der Waals surface area contributed by atoms with E-state index in [2.05, 4.69) is 5.32 Å². The van der Waals surface area contributed by atoms with Gasteiger partial charge in [0.1, 0.15) is 6.61 Å². The van der Waals surface area contributed by atoms with Crippen molar-refractivity contribution in [3.05, 3.63) is 0 Å². The van der Waals surface area contributed by atoms with Crippen LogP contribution in [0.1, 0.15) is 19.8 Å². The van der Waals surface area contributed by atoms with Crippen LogP contribution in [0.2, 0.25) is 0 Å². The summed E-state index contributed by atoms with van der Waals surface area (Å²) in [6.45, 7) is 2.95. The van der Waals surface area contributed by atoms with E-state index in [9.17, 15) is 13.2 Å². The molecule has 1 fully saturated rings. The van der Waals surface area contributed by atoms with Gasteiger partial charge < -0.3 is 14.8 Å². The molecule has 1 atom stereocenters. The van der Waals surface area contributed by atoms with Gasteiger partial charge in [-0.15, -0.1) is 0 Å². The fourth-order valence-electron chi connectivity index (χ4n) is 2.04. The molecule has 1 aliphatic carbocycles. The molecular formula is C12H22F3NO2. The van der Waals surface area contributed by atoms with Gasteiger partial charge in [0, 0.05) is 25.6 Å². The number of nitrogens with one attached hydrogen (secondary N) is 1. The summed E-state index contributed by atoms with van der Waals surface area (Å²) < 4.78 is 45.9. The summed E-state index contributed by atoms with van der Waals surface area (Å²) >= 11 is 0. The van der Waals surface area contributed by atoms with E-state index in [-0.39, 0.29) is 12.0 Å². The summed E-state index contributed by atoms with van der Waals surface area (Å²) in [5, 5.41) is 3.21. The second-order valence-corrected chi connectivity index (χ2v) is 5.21.